The maximum atomic E-state index is 10.2. The van der Waals surface area contributed by atoms with Crippen molar-refractivity contribution in [2.45, 2.75) is 98.0 Å². The van der Waals surface area contributed by atoms with Gasteiger partial charge in [-0.15, -0.1) is 0 Å². The van der Waals surface area contributed by atoms with Crippen molar-refractivity contribution < 1.29 is 80.2 Å². The van der Waals surface area contributed by atoms with E-state index in [1.807, 2.05) is 0 Å². The number of rotatable bonds is 6. The zero-order chi connectivity index (χ0) is 25.5. The predicted octanol–water partition coefficient (Wildman–Crippen LogP) is -8.19. The molecule has 2 heterocycles. The highest BCUT2D eigenvalue weighted by Crippen LogP contribution is 2.30. The highest BCUT2D eigenvalue weighted by atomic mass is 16.7. The highest BCUT2D eigenvalue weighted by molar-refractivity contribution is 5.00. The second-order valence-corrected chi connectivity index (χ2v) is 8.60. The van der Waals surface area contributed by atoms with E-state index in [1.54, 1.807) is 0 Å². The van der Waals surface area contributed by atoms with Crippen LogP contribution in [0.2, 0.25) is 0 Å². The maximum absolute atomic E-state index is 10.2. The van der Waals surface area contributed by atoms with Crippen molar-refractivity contribution in [1.29, 1.82) is 0 Å². The summed E-state index contributed by atoms with van der Waals surface area (Å²) >= 11 is 0. The van der Waals surface area contributed by atoms with Crippen molar-refractivity contribution in [1.82, 2.24) is 0 Å². The summed E-state index contributed by atoms with van der Waals surface area (Å²) in [4.78, 5) is 0. The molecule has 1 aliphatic carbocycles. The minimum absolute atomic E-state index is 0.646. The summed E-state index contributed by atoms with van der Waals surface area (Å²) in [5, 5.41) is 119. The molecule has 0 spiro atoms. The predicted molar refractivity (Wildman–Crippen MR) is 101 cm³/mol. The first-order chi connectivity index (χ1) is 15.9. The summed E-state index contributed by atoms with van der Waals surface area (Å²) in [7, 11) is 0. The average Bonchev–Trinajstić information content (AvgIpc) is 2.82. The summed E-state index contributed by atoms with van der Waals surface area (Å²) in [5.41, 5.74) is 0. The minimum Gasteiger partial charge on any atom is -0.394 e. The number of hydrogen-bond acceptors (Lipinski definition) is 16. The zero-order valence-corrected chi connectivity index (χ0v) is 17.7. The molecule has 0 radical (unpaired) electrons. The van der Waals surface area contributed by atoms with Gasteiger partial charge in [0.2, 0.25) is 0 Å². The highest BCUT2D eigenvalue weighted by Gasteiger charge is 2.53. The molecule has 2 aliphatic heterocycles. The zero-order valence-electron chi connectivity index (χ0n) is 17.7. The van der Waals surface area contributed by atoms with Gasteiger partial charge in [0.25, 0.3) is 0 Å². The summed E-state index contributed by atoms with van der Waals surface area (Å²) in [6.07, 6.45) is -28.3. The molecular formula is C18H32O16. The number of hydrogen-bond donors (Lipinski definition) is 12. The van der Waals surface area contributed by atoms with E-state index in [-0.39, 0.29) is 0 Å². The van der Waals surface area contributed by atoms with E-state index in [9.17, 15) is 61.3 Å². The van der Waals surface area contributed by atoms with Crippen molar-refractivity contribution in [2.24, 2.45) is 0 Å². The summed E-state index contributed by atoms with van der Waals surface area (Å²) in [5.74, 6) is 0. The van der Waals surface area contributed by atoms with Crippen LogP contribution in [0, 0.1) is 0 Å². The van der Waals surface area contributed by atoms with Crippen LogP contribution in [0.25, 0.3) is 0 Å². The van der Waals surface area contributed by atoms with Gasteiger partial charge in [0.15, 0.2) is 12.6 Å². The second-order valence-electron chi connectivity index (χ2n) is 8.60. The van der Waals surface area contributed by atoms with Gasteiger partial charge in [-0.25, -0.2) is 0 Å². The van der Waals surface area contributed by atoms with E-state index in [0.717, 1.165) is 0 Å². The molecule has 14 atom stereocenters. The Labute approximate surface area is 192 Å². The number of aliphatic hydroxyl groups is 12. The van der Waals surface area contributed by atoms with Gasteiger partial charge in [-0.2, -0.15) is 0 Å². The Kier molecular flexibility index (Phi) is 9.18. The third-order valence-corrected chi connectivity index (χ3v) is 6.31. The molecule has 0 aromatic heterocycles. The molecule has 0 bridgehead atoms. The monoisotopic (exact) mass is 504 g/mol. The van der Waals surface area contributed by atoms with Crippen molar-refractivity contribution in [3.63, 3.8) is 0 Å². The number of ether oxygens (including phenoxy) is 4. The van der Waals surface area contributed by atoms with Crippen LogP contribution in [0.1, 0.15) is 0 Å². The van der Waals surface area contributed by atoms with Crippen LogP contribution in [0.4, 0.5) is 0 Å². The lowest BCUT2D eigenvalue weighted by Gasteiger charge is -2.46. The third-order valence-electron chi connectivity index (χ3n) is 6.31. The molecule has 3 aliphatic rings. The minimum atomic E-state index is -1.93. The van der Waals surface area contributed by atoms with Gasteiger partial charge < -0.3 is 80.2 Å². The Morgan fingerprint density at radius 2 is 0.882 bits per heavy atom. The third kappa shape index (κ3) is 5.23. The Hall–Kier alpha value is -0.640. The van der Waals surface area contributed by atoms with Crippen LogP contribution in [-0.4, -0.2) is 173 Å². The summed E-state index contributed by atoms with van der Waals surface area (Å²) < 4.78 is 21.0. The van der Waals surface area contributed by atoms with Crippen molar-refractivity contribution in [2.75, 3.05) is 13.2 Å². The standard InChI is InChI=1S/C18H32O16/c19-1-3-5(20)7(22)14(29)17(32-3)31-2-4-6(21)8(23)15(30)18(33-4)34-16-12(27)10(25)9(24)11(26)13(16)28/h3-30H,1-2H2/t3-,4-,5+,6+,7+,8+,9?,10-,11-,12+,13+,14-,15-,16?,17+,18-/m1/s1. The first-order valence-corrected chi connectivity index (χ1v) is 10.6. The Morgan fingerprint density at radius 1 is 0.471 bits per heavy atom. The molecule has 34 heavy (non-hydrogen) atoms. The molecule has 200 valence electrons. The van der Waals surface area contributed by atoms with E-state index in [0.29, 0.717) is 0 Å². The average molecular weight is 504 g/mol. The quantitative estimate of drug-likeness (QED) is 0.160. The van der Waals surface area contributed by atoms with Crippen LogP contribution in [0.15, 0.2) is 0 Å². The molecule has 0 aromatic carbocycles. The maximum Gasteiger partial charge on any atom is 0.187 e. The molecule has 1 saturated carbocycles. The normalized spacial score (nSPS) is 54.7. The van der Waals surface area contributed by atoms with Gasteiger partial charge >= 0.3 is 0 Å². The topological polar surface area (TPSA) is 280 Å². The van der Waals surface area contributed by atoms with E-state index in [1.165, 1.54) is 0 Å². The van der Waals surface area contributed by atoms with E-state index in [2.05, 4.69) is 0 Å². The molecule has 12 N–H and O–H groups in total. The molecule has 16 heteroatoms. The van der Waals surface area contributed by atoms with Gasteiger partial charge in [0, 0.05) is 0 Å². The van der Waals surface area contributed by atoms with Crippen molar-refractivity contribution >= 4 is 0 Å². The lowest BCUT2D eigenvalue weighted by molar-refractivity contribution is -0.351. The fourth-order valence-electron chi connectivity index (χ4n) is 4.07. The second kappa shape index (κ2) is 11.2. The first kappa shape index (κ1) is 27.9. The van der Waals surface area contributed by atoms with Crippen LogP contribution in [0.3, 0.4) is 0 Å². The largest absolute Gasteiger partial charge is 0.394 e. The Morgan fingerprint density at radius 3 is 1.41 bits per heavy atom. The van der Waals surface area contributed by atoms with Crippen LogP contribution >= 0.6 is 0 Å². The summed E-state index contributed by atoms with van der Waals surface area (Å²) in [6.45, 7) is -1.36. The molecule has 2 saturated heterocycles. The Balaban J connectivity index is 1.67. The van der Waals surface area contributed by atoms with Gasteiger partial charge in [-0.1, -0.05) is 0 Å². The van der Waals surface area contributed by atoms with E-state index < -0.39 is 111 Å². The smallest absolute Gasteiger partial charge is 0.187 e. The molecule has 0 aromatic rings. The van der Waals surface area contributed by atoms with Gasteiger partial charge in [0.05, 0.1) is 13.2 Å². The van der Waals surface area contributed by atoms with Crippen LogP contribution in [0.5, 0.6) is 0 Å². The molecule has 3 rings (SSSR count). The van der Waals surface area contributed by atoms with Crippen LogP contribution in [-0.2, 0) is 18.9 Å². The van der Waals surface area contributed by atoms with E-state index in [4.69, 9.17) is 18.9 Å². The summed E-state index contributed by atoms with van der Waals surface area (Å²) in [6, 6.07) is 0. The molecular weight excluding hydrogens is 472 g/mol. The van der Waals surface area contributed by atoms with Gasteiger partial charge in [0.1, 0.15) is 85.5 Å². The first-order valence-electron chi connectivity index (χ1n) is 10.6. The van der Waals surface area contributed by atoms with Crippen LogP contribution < -0.4 is 0 Å². The lowest BCUT2D eigenvalue weighted by Crippen LogP contribution is -2.67. The lowest BCUT2D eigenvalue weighted by atomic mass is 9.84. The molecule has 3 fully saturated rings. The number of aliphatic hydroxyl groups excluding tert-OH is 12. The van der Waals surface area contributed by atoms with Gasteiger partial charge in [-0.3, -0.25) is 0 Å². The Bertz CT molecular complexity index is 637. The van der Waals surface area contributed by atoms with Crippen molar-refractivity contribution in [3.8, 4) is 0 Å². The molecule has 0 amide bonds. The SMILES string of the molecule is OC[C@H]1O[C@H](OC[C@H]2O[C@H](OC3[C@@H](O)[C@H](O)C(O)[C@@H](O)[C@@H]3O)[C@H](O)[C@@H](O)[C@H]2O)[C@H](O)[C@@H](O)[C@H]1O. The molecule has 0 unspecified atom stereocenters. The van der Waals surface area contributed by atoms with Gasteiger partial charge in [-0.05, 0) is 0 Å². The molecule has 16 nitrogen and oxygen atoms in total. The van der Waals surface area contributed by atoms with E-state index >= 15 is 0 Å². The van der Waals surface area contributed by atoms with Crippen molar-refractivity contribution in [3.05, 3.63) is 0 Å². The fourth-order valence-corrected chi connectivity index (χ4v) is 4.07. The fraction of sp³-hybridized carbons (Fsp3) is 1.00.